The predicted molar refractivity (Wildman–Crippen MR) is 115 cm³/mol. The van der Waals surface area contributed by atoms with Crippen molar-refractivity contribution in [1.29, 1.82) is 0 Å². The summed E-state index contributed by atoms with van der Waals surface area (Å²) in [5, 5.41) is 4.43. The van der Waals surface area contributed by atoms with Gasteiger partial charge < -0.3 is 4.90 Å². The molecule has 0 atom stereocenters. The Hall–Kier alpha value is -2.85. The van der Waals surface area contributed by atoms with Gasteiger partial charge in [0, 0.05) is 31.9 Å². The highest BCUT2D eigenvalue weighted by Crippen LogP contribution is 2.32. The third kappa shape index (κ3) is 4.12. The largest absolute Gasteiger partial charge is 0.416 e. The van der Waals surface area contributed by atoms with Crippen LogP contribution in [0.4, 0.5) is 18.9 Å². The SMILES string of the molecule is Cc1nn(-c2ccccc2)c(C)c1S(=O)(=O)N1CCN(c2cccc(C(F)(F)F)c2)CC1. The Morgan fingerprint density at radius 3 is 2.12 bits per heavy atom. The molecule has 2 heterocycles. The molecule has 1 aromatic heterocycles. The lowest BCUT2D eigenvalue weighted by Gasteiger charge is -2.35. The van der Waals surface area contributed by atoms with Crippen molar-refractivity contribution < 1.29 is 21.6 Å². The first-order valence-corrected chi connectivity index (χ1v) is 11.6. The Morgan fingerprint density at radius 2 is 1.50 bits per heavy atom. The van der Waals surface area contributed by atoms with Crippen LogP contribution in [-0.4, -0.2) is 48.7 Å². The van der Waals surface area contributed by atoms with E-state index in [0.29, 0.717) is 30.2 Å². The summed E-state index contributed by atoms with van der Waals surface area (Å²) < 4.78 is 68.9. The van der Waals surface area contributed by atoms with E-state index in [1.54, 1.807) is 29.5 Å². The van der Waals surface area contributed by atoms with E-state index in [4.69, 9.17) is 0 Å². The molecule has 6 nitrogen and oxygen atoms in total. The topological polar surface area (TPSA) is 58.4 Å². The Morgan fingerprint density at radius 1 is 0.875 bits per heavy atom. The van der Waals surface area contributed by atoms with Crippen LogP contribution in [0.5, 0.6) is 0 Å². The second kappa shape index (κ2) is 8.25. The summed E-state index contributed by atoms with van der Waals surface area (Å²) >= 11 is 0. The molecule has 0 unspecified atom stereocenters. The summed E-state index contributed by atoms with van der Waals surface area (Å²) in [6, 6.07) is 14.4. The molecule has 0 spiro atoms. The first-order valence-electron chi connectivity index (χ1n) is 10.1. The number of halogens is 3. The van der Waals surface area contributed by atoms with Crippen molar-refractivity contribution in [3.05, 3.63) is 71.5 Å². The van der Waals surface area contributed by atoms with E-state index in [1.165, 1.54) is 10.4 Å². The van der Waals surface area contributed by atoms with Crippen LogP contribution in [0.2, 0.25) is 0 Å². The molecule has 2 aromatic carbocycles. The minimum atomic E-state index is -4.42. The van der Waals surface area contributed by atoms with Gasteiger partial charge in [-0.25, -0.2) is 13.1 Å². The summed E-state index contributed by atoms with van der Waals surface area (Å²) in [6.45, 7) is 4.33. The molecule has 10 heteroatoms. The monoisotopic (exact) mass is 464 g/mol. The maximum atomic E-state index is 13.4. The number of hydrogen-bond donors (Lipinski definition) is 0. The summed E-state index contributed by atoms with van der Waals surface area (Å²) in [7, 11) is -3.80. The number of nitrogens with zero attached hydrogens (tertiary/aromatic N) is 4. The van der Waals surface area contributed by atoms with Gasteiger partial charge in [-0.1, -0.05) is 24.3 Å². The fraction of sp³-hybridized carbons (Fsp3) is 0.318. The van der Waals surface area contributed by atoms with Crippen LogP contribution in [0.25, 0.3) is 5.69 Å². The Kier molecular flexibility index (Phi) is 5.76. The van der Waals surface area contributed by atoms with Crippen molar-refractivity contribution in [2.45, 2.75) is 24.9 Å². The van der Waals surface area contributed by atoms with Crippen molar-refractivity contribution in [1.82, 2.24) is 14.1 Å². The van der Waals surface area contributed by atoms with Gasteiger partial charge in [-0.15, -0.1) is 0 Å². The maximum Gasteiger partial charge on any atom is 0.416 e. The number of benzene rings is 2. The minimum absolute atomic E-state index is 0.175. The second-order valence-corrected chi connectivity index (χ2v) is 9.56. The molecule has 0 aliphatic carbocycles. The number of anilines is 1. The normalized spacial score (nSPS) is 15.8. The van der Waals surface area contributed by atoms with Gasteiger partial charge in [0.25, 0.3) is 0 Å². The number of hydrogen-bond acceptors (Lipinski definition) is 4. The van der Waals surface area contributed by atoms with Gasteiger partial charge in [0.1, 0.15) is 4.90 Å². The van der Waals surface area contributed by atoms with E-state index in [2.05, 4.69) is 5.10 Å². The minimum Gasteiger partial charge on any atom is -0.369 e. The number of rotatable bonds is 4. The van der Waals surface area contributed by atoms with Crippen LogP contribution in [0.1, 0.15) is 17.0 Å². The van der Waals surface area contributed by atoms with Crippen molar-refractivity contribution in [2.24, 2.45) is 0 Å². The smallest absolute Gasteiger partial charge is 0.369 e. The molecule has 1 aliphatic rings. The Labute approximate surface area is 184 Å². The lowest BCUT2D eigenvalue weighted by Crippen LogP contribution is -2.48. The van der Waals surface area contributed by atoms with Crippen LogP contribution in [0.15, 0.2) is 59.5 Å². The molecular weight excluding hydrogens is 441 g/mol. The average Bonchev–Trinajstić information content (AvgIpc) is 3.08. The number of sulfonamides is 1. The van der Waals surface area contributed by atoms with Crippen LogP contribution >= 0.6 is 0 Å². The van der Waals surface area contributed by atoms with E-state index in [0.717, 1.165) is 17.8 Å². The highest BCUT2D eigenvalue weighted by molar-refractivity contribution is 7.89. The number of piperazine rings is 1. The second-order valence-electron chi connectivity index (χ2n) is 7.69. The van der Waals surface area contributed by atoms with Gasteiger partial charge in [0.15, 0.2) is 0 Å². The fourth-order valence-corrected chi connectivity index (χ4v) is 5.79. The van der Waals surface area contributed by atoms with Gasteiger partial charge >= 0.3 is 6.18 Å². The van der Waals surface area contributed by atoms with Crippen LogP contribution in [-0.2, 0) is 16.2 Å². The van der Waals surface area contributed by atoms with Crippen molar-refractivity contribution in [2.75, 3.05) is 31.1 Å². The maximum absolute atomic E-state index is 13.4. The number of aromatic nitrogens is 2. The molecule has 32 heavy (non-hydrogen) atoms. The van der Waals surface area contributed by atoms with Crippen molar-refractivity contribution in [3.8, 4) is 5.69 Å². The first kappa shape index (κ1) is 22.3. The predicted octanol–water partition coefficient (Wildman–Crippen LogP) is 4.02. The van der Waals surface area contributed by atoms with E-state index >= 15 is 0 Å². The quantitative estimate of drug-likeness (QED) is 0.585. The Balaban J connectivity index is 1.55. The molecule has 170 valence electrons. The molecule has 1 fully saturated rings. The van der Waals surface area contributed by atoms with Crippen molar-refractivity contribution >= 4 is 15.7 Å². The number of para-hydroxylation sites is 1. The molecule has 0 radical (unpaired) electrons. The third-order valence-corrected chi connectivity index (χ3v) is 7.75. The van der Waals surface area contributed by atoms with E-state index in [1.807, 2.05) is 30.3 Å². The average molecular weight is 465 g/mol. The molecule has 0 N–H and O–H groups in total. The summed E-state index contributed by atoms with van der Waals surface area (Å²) in [5.74, 6) is 0. The summed E-state index contributed by atoms with van der Waals surface area (Å²) in [6.07, 6.45) is -4.42. The van der Waals surface area contributed by atoms with Gasteiger partial charge in [-0.2, -0.15) is 22.6 Å². The van der Waals surface area contributed by atoms with Gasteiger partial charge in [-0.3, -0.25) is 0 Å². The molecule has 0 bridgehead atoms. The molecule has 3 aromatic rings. The van der Waals surface area contributed by atoms with E-state index in [-0.39, 0.29) is 18.0 Å². The lowest BCUT2D eigenvalue weighted by atomic mass is 10.1. The highest BCUT2D eigenvalue weighted by Gasteiger charge is 2.34. The van der Waals surface area contributed by atoms with Crippen LogP contribution in [0.3, 0.4) is 0 Å². The van der Waals surface area contributed by atoms with Gasteiger partial charge in [-0.05, 0) is 44.2 Å². The summed E-state index contributed by atoms with van der Waals surface area (Å²) in [5.41, 5.74) is 1.41. The zero-order valence-corrected chi connectivity index (χ0v) is 18.5. The van der Waals surface area contributed by atoms with E-state index < -0.39 is 21.8 Å². The lowest BCUT2D eigenvalue weighted by molar-refractivity contribution is -0.137. The molecule has 0 saturated carbocycles. The molecule has 1 saturated heterocycles. The van der Waals surface area contributed by atoms with Gasteiger partial charge in [0.2, 0.25) is 10.0 Å². The molecule has 1 aliphatic heterocycles. The number of aryl methyl sites for hydroxylation is 1. The summed E-state index contributed by atoms with van der Waals surface area (Å²) in [4.78, 5) is 1.95. The fourth-order valence-electron chi connectivity index (χ4n) is 4.02. The number of alkyl halides is 3. The van der Waals surface area contributed by atoms with Crippen LogP contribution in [0, 0.1) is 13.8 Å². The first-order chi connectivity index (χ1) is 15.1. The zero-order valence-electron chi connectivity index (χ0n) is 17.7. The van der Waals surface area contributed by atoms with E-state index in [9.17, 15) is 21.6 Å². The molecule has 4 rings (SSSR count). The standard InChI is InChI=1S/C22H23F3N4O2S/c1-16-21(17(2)29(26-16)19-8-4-3-5-9-19)32(30,31)28-13-11-27(12-14-28)20-10-6-7-18(15-20)22(23,24)25/h3-10,15H,11-14H2,1-2H3. The van der Waals surface area contributed by atoms with Crippen molar-refractivity contribution in [3.63, 3.8) is 0 Å². The zero-order chi connectivity index (χ0) is 23.1. The third-order valence-electron chi connectivity index (χ3n) is 5.60. The Bertz CT molecular complexity index is 1220. The molecular formula is C22H23F3N4O2S. The molecule has 0 amide bonds. The highest BCUT2D eigenvalue weighted by atomic mass is 32.2. The van der Waals surface area contributed by atoms with Crippen LogP contribution < -0.4 is 4.90 Å². The van der Waals surface area contributed by atoms with Gasteiger partial charge in [0.05, 0.1) is 22.6 Å².